The van der Waals surface area contributed by atoms with Crippen LogP contribution in [0.5, 0.6) is 0 Å². The summed E-state index contributed by atoms with van der Waals surface area (Å²) in [6.07, 6.45) is -4.33. The average Bonchev–Trinajstić information content (AvgIpc) is 2.36. The van der Waals surface area contributed by atoms with E-state index in [1.54, 1.807) is 31.2 Å². The molecular weight excluding hydrogens is 283 g/mol. The lowest BCUT2D eigenvalue weighted by Crippen LogP contribution is -2.35. The zero-order valence-electron chi connectivity index (χ0n) is 11.3. The van der Waals surface area contributed by atoms with Crippen molar-refractivity contribution in [3.63, 3.8) is 0 Å². The molecule has 112 valence electrons. The average molecular weight is 297 g/mol. The number of halogens is 3. The number of para-hydroxylation sites is 1. The number of carbonyl (C=O) groups excluding carboxylic acids is 1. The molecule has 0 aliphatic carbocycles. The second-order valence-corrected chi connectivity index (χ2v) is 4.60. The van der Waals surface area contributed by atoms with E-state index in [4.69, 9.17) is 0 Å². The first-order valence-electron chi connectivity index (χ1n) is 6.29. The van der Waals surface area contributed by atoms with E-state index in [0.717, 1.165) is 10.9 Å². The first-order valence-corrected chi connectivity index (χ1v) is 6.29. The minimum absolute atomic E-state index is 0.408. The first kappa shape index (κ1) is 15.2. The Balaban J connectivity index is 2.07. The normalized spacial score (nSPS) is 11.6. The molecule has 0 radical (unpaired) electrons. The van der Waals surface area contributed by atoms with E-state index in [9.17, 15) is 18.0 Å². The maximum absolute atomic E-state index is 12.0. The number of amides is 1. The number of fused-ring (bicyclic) bond motifs is 1. The summed E-state index contributed by atoms with van der Waals surface area (Å²) in [6.45, 7) is 0.176. The van der Waals surface area contributed by atoms with Crippen LogP contribution in [-0.4, -0.2) is 30.2 Å². The van der Waals surface area contributed by atoms with Crippen LogP contribution in [-0.2, 0) is 4.79 Å². The van der Waals surface area contributed by atoms with E-state index < -0.39 is 25.2 Å². The predicted molar refractivity (Wildman–Crippen MR) is 74.0 cm³/mol. The summed E-state index contributed by atoms with van der Waals surface area (Å²) in [6, 6.07) is 8.91. The van der Waals surface area contributed by atoms with Gasteiger partial charge in [0.25, 0.3) is 0 Å². The third-order valence-electron chi connectivity index (χ3n) is 2.73. The Morgan fingerprint density at radius 3 is 2.71 bits per heavy atom. The molecular formula is C14H14F3N3O. The molecule has 1 aromatic heterocycles. The van der Waals surface area contributed by atoms with E-state index in [1.165, 1.54) is 0 Å². The largest absolute Gasteiger partial charge is 0.401 e. The molecule has 0 saturated carbocycles. The topological polar surface area (TPSA) is 54.0 Å². The second kappa shape index (κ2) is 6.09. The van der Waals surface area contributed by atoms with Crippen molar-refractivity contribution in [1.29, 1.82) is 0 Å². The summed E-state index contributed by atoms with van der Waals surface area (Å²) in [5.74, 6) is -0.532. The van der Waals surface area contributed by atoms with Crippen LogP contribution in [0, 0.1) is 6.92 Å². The van der Waals surface area contributed by atoms with Crippen LogP contribution >= 0.6 is 0 Å². The molecule has 0 unspecified atom stereocenters. The van der Waals surface area contributed by atoms with Gasteiger partial charge < -0.3 is 10.6 Å². The van der Waals surface area contributed by atoms with E-state index >= 15 is 0 Å². The number of hydrogen-bond acceptors (Lipinski definition) is 3. The van der Waals surface area contributed by atoms with Crippen LogP contribution in [0.1, 0.15) is 5.69 Å². The molecule has 2 N–H and O–H groups in total. The lowest BCUT2D eigenvalue weighted by Gasteiger charge is -2.11. The monoisotopic (exact) mass is 297 g/mol. The van der Waals surface area contributed by atoms with E-state index in [-0.39, 0.29) is 0 Å². The van der Waals surface area contributed by atoms with Crippen LogP contribution < -0.4 is 10.6 Å². The summed E-state index contributed by atoms with van der Waals surface area (Å²) in [7, 11) is 0. The van der Waals surface area contributed by atoms with Gasteiger partial charge >= 0.3 is 6.18 Å². The number of benzene rings is 1. The SMILES string of the molecule is Cc1cc(NC(=O)CNCC(F)(F)F)c2ccccc2n1. The van der Waals surface area contributed by atoms with E-state index in [2.05, 4.69) is 15.6 Å². The van der Waals surface area contributed by atoms with Crippen LogP contribution in [0.4, 0.5) is 18.9 Å². The van der Waals surface area contributed by atoms with Crippen LogP contribution in [0.15, 0.2) is 30.3 Å². The molecule has 0 spiro atoms. The number of rotatable bonds is 4. The summed E-state index contributed by atoms with van der Waals surface area (Å²) in [4.78, 5) is 16.0. The number of nitrogens with one attached hydrogen (secondary N) is 2. The molecule has 1 amide bonds. The second-order valence-electron chi connectivity index (χ2n) is 4.60. The number of anilines is 1. The highest BCUT2D eigenvalue weighted by Crippen LogP contribution is 2.22. The van der Waals surface area contributed by atoms with Crippen molar-refractivity contribution in [3.8, 4) is 0 Å². The number of carbonyl (C=O) groups is 1. The van der Waals surface area contributed by atoms with Gasteiger partial charge in [-0.2, -0.15) is 13.2 Å². The number of alkyl halides is 3. The standard InChI is InChI=1S/C14H14F3N3O/c1-9-6-12(10-4-2-3-5-11(10)19-9)20-13(21)7-18-8-14(15,16)17/h2-6,18H,7-8H2,1H3,(H,19,20,21). The highest BCUT2D eigenvalue weighted by Gasteiger charge is 2.26. The summed E-state index contributed by atoms with van der Waals surface area (Å²) in [5, 5.41) is 5.40. The number of aromatic nitrogens is 1. The van der Waals surface area contributed by atoms with Crippen LogP contribution in [0.3, 0.4) is 0 Å². The molecule has 0 fully saturated rings. The van der Waals surface area contributed by atoms with Gasteiger partial charge in [-0.05, 0) is 19.1 Å². The van der Waals surface area contributed by atoms with E-state index in [1.807, 2.05) is 6.07 Å². The molecule has 1 aromatic carbocycles. The zero-order chi connectivity index (χ0) is 15.5. The van der Waals surface area contributed by atoms with Crippen molar-refractivity contribution in [2.24, 2.45) is 0 Å². The first-order chi connectivity index (χ1) is 9.85. The fraction of sp³-hybridized carbons (Fsp3) is 0.286. The van der Waals surface area contributed by atoms with Gasteiger partial charge in [0, 0.05) is 11.1 Å². The molecule has 4 nitrogen and oxygen atoms in total. The highest BCUT2D eigenvalue weighted by molar-refractivity contribution is 6.01. The van der Waals surface area contributed by atoms with Gasteiger partial charge in [0.05, 0.1) is 24.3 Å². The van der Waals surface area contributed by atoms with Crippen molar-refractivity contribution < 1.29 is 18.0 Å². The lowest BCUT2D eigenvalue weighted by molar-refractivity contribution is -0.126. The van der Waals surface area contributed by atoms with Gasteiger partial charge in [0.1, 0.15) is 0 Å². The molecule has 2 rings (SSSR count). The predicted octanol–water partition coefficient (Wildman–Crippen LogP) is 2.63. The molecule has 0 aliphatic heterocycles. The molecule has 0 aliphatic rings. The fourth-order valence-electron chi connectivity index (χ4n) is 1.92. The Morgan fingerprint density at radius 1 is 1.29 bits per heavy atom. The van der Waals surface area contributed by atoms with Gasteiger partial charge in [-0.3, -0.25) is 9.78 Å². The maximum atomic E-state index is 12.0. The molecule has 7 heteroatoms. The Kier molecular flexibility index (Phi) is 4.42. The van der Waals surface area contributed by atoms with Crippen molar-refractivity contribution in [2.75, 3.05) is 18.4 Å². The third kappa shape index (κ3) is 4.42. The molecule has 0 saturated heterocycles. The lowest BCUT2D eigenvalue weighted by atomic mass is 10.1. The minimum Gasteiger partial charge on any atom is -0.324 e. The number of hydrogen-bond donors (Lipinski definition) is 2. The van der Waals surface area contributed by atoms with Gasteiger partial charge in [-0.25, -0.2) is 0 Å². The Labute approximate surface area is 119 Å². The van der Waals surface area contributed by atoms with Gasteiger partial charge in [-0.1, -0.05) is 18.2 Å². The molecule has 2 aromatic rings. The van der Waals surface area contributed by atoms with E-state index in [0.29, 0.717) is 11.4 Å². The summed E-state index contributed by atoms with van der Waals surface area (Å²) < 4.78 is 36.0. The molecule has 0 atom stereocenters. The Morgan fingerprint density at radius 2 is 2.00 bits per heavy atom. The van der Waals surface area contributed by atoms with Crippen molar-refractivity contribution in [1.82, 2.24) is 10.3 Å². The number of pyridine rings is 1. The van der Waals surface area contributed by atoms with Crippen molar-refractivity contribution >= 4 is 22.5 Å². The van der Waals surface area contributed by atoms with Gasteiger partial charge in [0.2, 0.25) is 5.91 Å². The summed E-state index contributed by atoms with van der Waals surface area (Å²) >= 11 is 0. The Hall–Kier alpha value is -2.15. The number of aryl methyl sites for hydroxylation is 1. The third-order valence-corrected chi connectivity index (χ3v) is 2.73. The highest BCUT2D eigenvalue weighted by atomic mass is 19.4. The molecule has 1 heterocycles. The molecule has 0 bridgehead atoms. The quantitative estimate of drug-likeness (QED) is 0.912. The minimum atomic E-state index is -4.33. The summed E-state index contributed by atoms with van der Waals surface area (Å²) in [5.41, 5.74) is 1.97. The molecule has 21 heavy (non-hydrogen) atoms. The van der Waals surface area contributed by atoms with Crippen LogP contribution in [0.25, 0.3) is 10.9 Å². The van der Waals surface area contributed by atoms with Crippen molar-refractivity contribution in [3.05, 3.63) is 36.0 Å². The van der Waals surface area contributed by atoms with Crippen molar-refractivity contribution in [2.45, 2.75) is 13.1 Å². The Bertz CT molecular complexity index is 655. The maximum Gasteiger partial charge on any atom is 0.401 e. The van der Waals surface area contributed by atoms with Gasteiger partial charge in [-0.15, -0.1) is 0 Å². The van der Waals surface area contributed by atoms with Crippen LogP contribution in [0.2, 0.25) is 0 Å². The fourth-order valence-corrected chi connectivity index (χ4v) is 1.92. The number of nitrogens with zero attached hydrogens (tertiary/aromatic N) is 1. The smallest absolute Gasteiger partial charge is 0.324 e. The zero-order valence-corrected chi connectivity index (χ0v) is 11.3. The van der Waals surface area contributed by atoms with Gasteiger partial charge in [0.15, 0.2) is 0 Å².